The highest BCUT2D eigenvalue weighted by Gasteiger charge is 2.16. The van der Waals surface area contributed by atoms with Crippen LogP contribution in [0, 0.1) is 11.3 Å². The third-order valence-electron chi connectivity index (χ3n) is 2.19. The average molecular weight is 299 g/mol. The molecule has 0 amide bonds. The Labute approximate surface area is 119 Å². The molecule has 2 rings (SSSR count). The molecule has 90 valence electrons. The second-order valence-corrected chi connectivity index (χ2v) is 4.47. The number of nitriles is 1. The molecule has 6 heteroatoms. The van der Waals surface area contributed by atoms with Crippen LogP contribution in [0.15, 0.2) is 30.3 Å². The van der Waals surface area contributed by atoms with Gasteiger partial charge in [0.25, 0.3) is 0 Å². The monoisotopic (exact) mass is 297 g/mol. The minimum absolute atomic E-state index is 0.0319. The Morgan fingerprint density at radius 1 is 1.06 bits per heavy atom. The van der Waals surface area contributed by atoms with Gasteiger partial charge in [0.05, 0.1) is 5.69 Å². The van der Waals surface area contributed by atoms with Crippen molar-refractivity contribution in [1.29, 1.82) is 5.26 Å². The summed E-state index contributed by atoms with van der Waals surface area (Å²) in [6.45, 7) is 0. The number of rotatable bonds is 2. The van der Waals surface area contributed by atoms with Gasteiger partial charge in [-0.25, -0.2) is 4.98 Å². The van der Waals surface area contributed by atoms with Crippen LogP contribution < -0.4 is 5.32 Å². The lowest BCUT2D eigenvalue weighted by Gasteiger charge is -2.11. The molecular formula is C12H6Cl3N3. The normalized spacial score (nSPS) is 9.89. The van der Waals surface area contributed by atoms with Crippen LogP contribution in [0.4, 0.5) is 11.4 Å². The summed E-state index contributed by atoms with van der Waals surface area (Å²) in [7, 11) is 0. The Morgan fingerprint density at radius 3 is 2.33 bits per heavy atom. The Bertz CT molecular complexity index is 621. The smallest absolute Gasteiger partial charge is 0.163 e. The molecule has 0 fully saturated rings. The zero-order chi connectivity index (χ0) is 13.1. The third kappa shape index (κ3) is 2.51. The van der Waals surface area contributed by atoms with E-state index in [0.29, 0.717) is 5.69 Å². The molecule has 18 heavy (non-hydrogen) atoms. The fraction of sp³-hybridized carbons (Fsp3) is 0. The SMILES string of the molecule is N#Cc1nc(Cl)c(Cl)c(Nc2ccccc2)c1Cl. The van der Waals surface area contributed by atoms with E-state index in [4.69, 9.17) is 40.1 Å². The minimum Gasteiger partial charge on any atom is -0.353 e. The van der Waals surface area contributed by atoms with E-state index in [1.807, 2.05) is 36.4 Å². The van der Waals surface area contributed by atoms with Gasteiger partial charge in [-0.05, 0) is 12.1 Å². The van der Waals surface area contributed by atoms with Gasteiger partial charge in [0.1, 0.15) is 16.1 Å². The average Bonchev–Trinajstić information content (AvgIpc) is 2.40. The second-order valence-electron chi connectivity index (χ2n) is 3.36. The molecule has 0 aliphatic rings. The molecular weight excluding hydrogens is 293 g/mol. The van der Waals surface area contributed by atoms with Gasteiger partial charge in [0.2, 0.25) is 0 Å². The lowest BCUT2D eigenvalue weighted by atomic mass is 10.2. The van der Waals surface area contributed by atoms with E-state index in [1.165, 1.54) is 0 Å². The van der Waals surface area contributed by atoms with Crippen molar-refractivity contribution in [3.63, 3.8) is 0 Å². The van der Waals surface area contributed by atoms with Crippen LogP contribution in [0.3, 0.4) is 0 Å². The van der Waals surface area contributed by atoms with Crippen LogP contribution in [-0.4, -0.2) is 4.98 Å². The molecule has 1 aromatic carbocycles. The Balaban J connectivity index is 2.51. The summed E-state index contributed by atoms with van der Waals surface area (Å²) in [6.07, 6.45) is 0. The van der Waals surface area contributed by atoms with E-state index in [1.54, 1.807) is 0 Å². The van der Waals surface area contributed by atoms with Crippen molar-refractivity contribution in [2.24, 2.45) is 0 Å². The zero-order valence-electron chi connectivity index (χ0n) is 8.92. The number of hydrogen-bond donors (Lipinski definition) is 1. The molecule has 0 unspecified atom stereocenters. The van der Waals surface area contributed by atoms with Crippen molar-refractivity contribution >= 4 is 46.2 Å². The van der Waals surface area contributed by atoms with Crippen molar-refractivity contribution in [1.82, 2.24) is 4.98 Å². The first-order chi connectivity index (χ1) is 8.63. The molecule has 0 atom stereocenters. The molecule has 0 saturated heterocycles. The first-order valence-corrected chi connectivity index (χ1v) is 6.03. The summed E-state index contributed by atoms with van der Waals surface area (Å²) < 4.78 is 0. The first-order valence-electron chi connectivity index (χ1n) is 4.90. The van der Waals surface area contributed by atoms with E-state index in [2.05, 4.69) is 10.3 Å². The van der Waals surface area contributed by atoms with Gasteiger partial charge in [-0.2, -0.15) is 5.26 Å². The fourth-order valence-corrected chi connectivity index (χ4v) is 2.00. The molecule has 3 nitrogen and oxygen atoms in total. The van der Waals surface area contributed by atoms with E-state index >= 15 is 0 Å². The van der Waals surface area contributed by atoms with Gasteiger partial charge in [0, 0.05) is 5.69 Å². The third-order valence-corrected chi connectivity index (χ3v) is 3.29. The van der Waals surface area contributed by atoms with Gasteiger partial charge in [-0.1, -0.05) is 53.0 Å². The van der Waals surface area contributed by atoms with Crippen LogP contribution in [0.2, 0.25) is 15.2 Å². The topological polar surface area (TPSA) is 48.7 Å². The van der Waals surface area contributed by atoms with Crippen molar-refractivity contribution in [3.05, 3.63) is 51.2 Å². The number of hydrogen-bond acceptors (Lipinski definition) is 3. The van der Waals surface area contributed by atoms with Crippen LogP contribution in [-0.2, 0) is 0 Å². The molecule has 0 saturated carbocycles. The van der Waals surface area contributed by atoms with Crippen LogP contribution in [0.25, 0.3) is 0 Å². The van der Waals surface area contributed by atoms with Crippen molar-refractivity contribution in [3.8, 4) is 6.07 Å². The number of nitrogens with one attached hydrogen (secondary N) is 1. The number of aromatic nitrogens is 1. The summed E-state index contributed by atoms with van der Waals surface area (Å²) in [5.74, 6) is 0. The predicted octanol–water partition coefficient (Wildman–Crippen LogP) is 4.66. The second kappa shape index (κ2) is 5.45. The van der Waals surface area contributed by atoms with Crippen LogP contribution >= 0.6 is 34.8 Å². The summed E-state index contributed by atoms with van der Waals surface area (Å²) in [4.78, 5) is 3.79. The van der Waals surface area contributed by atoms with Gasteiger partial charge in [-0.15, -0.1) is 0 Å². The lowest BCUT2D eigenvalue weighted by Crippen LogP contribution is -1.97. The van der Waals surface area contributed by atoms with E-state index < -0.39 is 0 Å². The Morgan fingerprint density at radius 2 is 1.72 bits per heavy atom. The maximum atomic E-state index is 8.90. The van der Waals surface area contributed by atoms with Crippen LogP contribution in [0.1, 0.15) is 5.69 Å². The Kier molecular flexibility index (Phi) is 3.93. The molecule has 1 heterocycles. The first kappa shape index (κ1) is 13.0. The minimum atomic E-state index is 0.0319. The molecule has 1 N–H and O–H groups in total. The van der Waals surface area contributed by atoms with E-state index in [0.717, 1.165) is 5.69 Å². The van der Waals surface area contributed by atoms with Crippen LogP contribution in [0.5, 0.6) is 0 Å². The maximum Gasteiger partial charge on any atom is 0.163 e. The van der Waals surface area contributed by atoms with E-state index in [9.17, 15) is 0 Å². The highest BCUT2D eigenvalue weighted by atomic mass is 35.5. The number of halogens is 3. The largest absolute Gasteiger partial charge is 0.353 e. The number of anilines is 2. The van der Waals surface area contributed by atoms with E-state index in [-0.39, 0.29) is 20.9 Å². The summed E-state index contributed by atoms with van der Waals surface area (Å²) in [5.41, 5.74) is 1.19. The summed E-state index contributed by atoms with van der Waals surface area (Å²) in [5, 5.41) is 12.3. The highest BCUT2D eigenvalue weighted by Crippen LogP contribution is 2.38. The molecule has 0 bridgehead atoms. The lowest BCUT2D eigenvalue weighted by molar-refractivity contribution is 1.26. The van der Waals surface area contributed by atoms with Crippen molar-refractivity contribution < 1.29 is 0 Å². The number of pyridine rings is 1. The molecule has 1 aromatic heterocycles. The highest BCUT2D eigenvalue weighted by molar-refractivity contribution is 6.45. The molecule has 0 aliphatic heterocycles. The predicted molar refractivity (Wildman–Crippen MR) is 73.7 cm³/mol. The van der Waals surface area contributed by atoms with Crippen molar-refractivity contribution in [2.45, 2.75) is 0 Å². The quantitative estimate of drug-likeness (QED) is 0.820. The van der Waals surface area contributed by atoms with Gasteiger partial charge in [-0.3, -0.25) is 0 Å². The molecule has 2 aromatic rings. The molecule has 0 aliphatic carbocycles. The molecule has 0 spiro atoms. The zero-order valence-corrected chi connectivity index (χ0v) is 11.2. The number of nitrogens with zero attached hydrogens (tertiary/aromatic N) is 2. The van der Waals surface area contributed by atoms with Gasteiger partial charge >= 0.3 is 0 Å². The standard InChI is InChI=1S/C12H6Cl3N3/c13-9-8(6-16)18-12(15)10(14)11(9)17-7-4-2-1-3-5-7/h1-5H,(H,17,18). The Hall–Kier alpha value is -1.47. The fourth-order valence-electron chi connectivity index (χ4n) is 1.36. The number of para-hydroxylation sites is 1. The summed E-state index contributed by atoms with van der Waals surface area (Å²) in [6, 6.07) is 11.1. The molecule has 0 radical (unpaired) electrons. The van der Waals surface area contributed by atoms with Crippen molar-refractivity contribution in [2.75, 3.05) is 5.32 Å². The maximum absolute atomic E-state index is 8.90. The van der Waals surface area contributed by atoms with Gasteiger partial charge in [0.15, 0.2) is 10.8 Å². The van der Waals surface area contributed by atoms with Gasteiger partial charge < -0.3 is 5.32 Å². The summed E-state index contributed by atoms with van der Waals surface area (Å²) >= 11 is 17.9. The number of benzene rings is 1.